The first-order valence-electron chi connectivity index (χ1n) is 5.83. The molecular weight excluding hydrogens is 281 g/mol. The van der Waals surface area contributed by atoms with E-state index in [0.29, 0.717) is 5.56 Å². The van der Waals surface area contributed by atoms with Crippen molar-refractivity contribution in [2.75, 3.05) is 0 Å². The van der Waals surface area contributed by atoms with Crippen LogP contribution in [0, 0.1) is 5.82 Å². The summed E-state index contributed by atoms with van der Waals surface area (Å²) in [5, 5.41) is 0. The standard InChI is InChI=1S/C13H12FN3O4/c14-8-2-1-3-9(10(8)12(15)18)21-6-7-4-5-20-11(7)13(19)17-16/h1-5H,6,16H2,(H2,15,18)(H,17,19). The third-order valence-corrected chi connectivity index (χ3v) is 2.69. The largest absolute Gasteiger partial charge is 0.488 e. The van der Waals surface area contributed by atoms with Crippen molar-refractivity contribution in [2.24, 2.45) is 11.6 Å². The summed E-state index contributed by atoms with van der Waals surface area (Å²) in [6.07, 6.45) is 1.28. The maximum Gasteiger partial charge on any atom is 0.301 e. The first kappa shape index (κ1) is 14.5. The number of hydrogen-bond acceptors (Lipinski definition) is 5. The molecule has 0 atom stereocenters. The summed E-state index contributed by atoms with van der Waals surface area (Å²) in [4.78, 5) is 22.6. The number of hydrazine groups is 1. The van der Waals surface area contributed by atoms with Crippen molar-refractivity contribution in [3.05, 3.63) is 53.2 Å². The molecule has 5 N–H and O–H groups in total. The van der Waals surface area contributed by atoms with E-state index in [1.165, 1.54) is 24.5 Å². The lowest BCUT2D eigenvalue weighted by Crippen LogP contribution is -2.30. The van der Waals surface area contributed by atoms with Crippen LogP contribution in [0.25, 0.3) is 0 Å². The second-order valence-corrected chi connectivity index (χ2v) is 4.01. The minimum Gasteiger partial charge on any atom is -0.488 e. The van der Waals surface area contributed by atoms with Crippen LogP contribution in [0.15, 0.2) is 34.9 Å². The van der Waals surface area contributed by atoms with Crippen molar-refractivity contribution in [3.8, 4) is 5.75 Å². The Morgan fingerprint density at radius 3 is 2.76 bits per heavy atom. The topological polar surface area (TPSA) is 121 Å². The van der Waals surface area contributed by atoms with E-state index in [2.05, 4.69) is 0 Å². The summed E-state index contributed by atoms with van der Waals surface area (Å²) in [5.74, 6) is 2.59. The van der Waals surface area contributed by atoms with Crippen molar-refractivity contribution in [3.63, 3.8) is 0 Å². The fourth-order valence-electron chi connectivity index (χ4n) is 1.73. The molecule has 1 aromatic carbocycles. The lowest BCUT2D eigenvalue weighted by molar-refractivity contribution is 0.0920. The average molecular weight is 293 g/mol. The Morgan fingerprint density at radius 1 is 1.33 bits per heavy atom. The molecule has 0 aliphatic heterocycles. The highest BCUT2D eigenvalue weighted by atomic mass is 19.1. The van der Waals surface area contributed by atoms with Gasteiger partial charge in [-0.3, -0.25) is 15.0 Å². The van der Waals surface area contributed by atoms with Crippen LogP contribution in [0.5, 0.6) is 5.75 Å². The van der Waals surface area contributed by atoms with Gasteiger partial charge in [-0.25, -0.2) is 10.2 Å². The van der Waals surface area contributed by atoms with E-state index in [-0.39, 0.29) is 23.7 Å². The molecular formula is C13H12FN3O4. The maximum atomic E-state index is 13.5. The number of hydrogen-bond donors (Lipinski definition) is 3. The zero-order valence-corrected chi connectivity index (χ0v) is 10.8. The number of carbonyl (C=O) groups is 2. The first-order valence-corrected chi connectivity index (χ1v) is 5.83. The normalized spacial score (nSPS) is 10.2. The highest BCUT2D eigenvalue weighted by molar-refractivity contribution is 5.96. The number of nitrogen functional groups attached to an aromatic ring is 1. The predicted molar refractivity (Wildman–Crippen MR) is 69.6 cm³/mol. The summed E-state index contributed by atoms with van der Waals surface area (Å²) in [7, 11) is 0. The van der Waals surface area contributed by atoms with Crippen molar-refractivity contribution in [1.29, 1.82) is 0 Å². The van der Waals surface area contributed by atoms with Gasteiger partial charge in [-0.05, 0) is 18.2 Å². The number of benzene rings is 1. The van der Waals surface area contributed by atoms with Crippen molar-refractivity contribution in [1.82, 2.24) is 5.43 Å². The molecule has 1 aromatic heterocycles. The lowest BCUT2D eigenvalue weighted by atomic mass is 10.1. The maximum absolute atomic E-state index is 13.5. The predicted octanol–water partition coefficient (Wildman–Crippen LogP) is 0.700. The average Bonchev–Trinajstić information content (AvgIpc) is 2.92. The van der Waals surface area contributed by atoms with E-state index in [1.807, 2.05) is 5.43 Å². The molecule has 0 saturated heterocycles. The number of halogens is 1. The highest BCUT2D eigenvalue weighted by Crippen LogP contribution is 2.23. The second kappa shape index (κ2) is 6.06. The summed E-state index contributed by atoms with van der Waals surface area (Å²) >= 11 is 0. The van der Waals surface area contributed by atoms with Gasteiger partial charge >= 0.3 is 5.91 Å². The van der Waals surface area contributed by atoms with Gasteiger partial charge in [-0.2, -0.15) is 0 Å². The smallest absolute Gasteiger partial charge is 0.301 e. The molecule has 0 spiro atoms. The number of amides is 2. The molecule has 1 heterocycles. The van der Waals surface area contributed by atoms with Gasteiger partial charge in [-0.1, -0.05) is 6.07 Å². The zero-order valence-electron chi connectivity index (χ0n) is 10.8. The number of primary amides is 1. The molecule has 0 saturated carbocycles. The van der Waals surface area contributed by atoms with E-state index in [9.17, 15) is 14.0 Å². The zero-order chi connectivity index (χ0) is 15.4. The number of ether oxygens (including phenoxy) is 1. The van der Waals surface area contributed by atoms with Crippen molar-refractivity contribution in [2.45, 2.75) is 6.61 Å². The molecule has 2 aromatic rings. The quantitative estimate of drug-likeness (QED) is 0.425. The van der Waals surface area contributed by atoms with Gasteiger partial charge in [0.2, 0.25) is 0 Å². The Morgan fingerprint density at radius 2 is 2.10 bits per heavy atom. The Bertz CT molecular complexity index is 684. The van der Waals surface area contributed by atoms with E-state index < -0.39 is 17.6 Å². The summed E-state index contributed by atoms with van der Waals surface area (Å²) in [5.41, 5.74) is 7.06. The lowest BCUT2D eigenvalue weighted by Gasteiger charge is -2.10. The third kappa shape index (κ3) is 3.00. The van der Waals surface area contributed by atoms with Gasteiger partial charge in [0.25, 0.3) is 5.91 Å². The summed E-state index contributed by atoms with van der Waals surface area (Å²) in [6.45, 7) is -0.122. The van der Waals surface area contributed by atoms with Crippen LogP contribution in [-0.4, -0.2) is 11.8 Å². The molecule has 0 fully saturated rings. The minimum atomic E-state index is -0.949. The van der Waals surface area contributed by atoms with Gasteiger partial charge in [0, 0.05) is 5.56 Å². The molecule has 2 amide bonds. The monoisotopic (exact) mass is 293 g/mol. The SMILES string of the molecule is NNC(=O)c1occc1COc1cccc(F)c1C(N)=O. The van der Waals surface area contributed by atoms with Gasteiger partial charge in [0.05, 0.1) is 6.26 Å². The number of furan rings is 1. The van der Waals surface area contributed by atoms with E-state index >= 15 is 0 Å². The number of nitrogens with two attached hydrogens (primary N) is 2. The van der Waals surface area contributed by atoms with Gasteiger partial charge in [0.15, 0.2) is 5.76 Å². The van der Waals surface area contributed by atoms with E-state index in [1.54, 1.807) is 0 Å². The van der Waals surface area contributed by atoms with Crippen LogP contribution >= 0.6 is 0 Å². The molecule has 0 unspecified atom stereocenters. The Hall–Kier alpha value is -2.87. The van der Waals surface area contributed by atoms with E-state index in [4.69, 9.17) is 20.7 Å². The summed E-state index contributed by atoms with van der Waals surface area (Å²) in [6, 6.07) is 5.36. The molecule has 0 bridgehead atoms. The molecule has 2 rings (SSSR count). The highest BCUT2D eigenvalue weighted by Gasteiger charge is 2.18. The first-order chi connectivity index (χ1) is 10.0. The van der Waals surface area contributed by atoms with Gasteiger partial charge < -0.3 is 14.9 Å². The fourth-order valence-corrected chi connectivity index (χ4v) is 1.73. The van der Waals surface area contributed by atoms with Crippen LogP contribution in [0.4, 0.5) is 4.39 Å². The number of carbonyl (C=O) groups excluding carboxylic acids is 2. The molecule has 7 nitrogen and oxygen atoms in total. The van der Waals surface area contributed by atoms with Gasteiger partial charge in [0.1, 0.15) is 23.7 Å². The molecule has 0 aliphatic carbocycles. The van der Waals surface area contributed by atoms with E-state index in [0.717, 1.165) is 6.07 Å². The third-order valence-electron chi connectivity index (χ3n) is 2.69. The summed E-state index contributed by atoms with van der Waals surface area (Å²) < 4.78 is 23.9. The number of rotatable bonds is 5. The Balaban J connectivity index is 2.22. The Labute approximate surface area is 118 Å². The Kier molecular flexibility index (Phi) is 4.19. The van der Waals surface area contributed by atoms with Crippen LogP contribution in [0.2, 0.25) is 0 Å². The number of nitrogens with one attached hydrogen (secondary N) is 1. The molecule has 21 heavy (non-hydrogen) atoms. The van der Waals surface area contributed by atoms with Crippen molar-refractivity contribution < 1.29 is 23.1 Å². The van der Waals surface area contributed by atoms with Crippen molar-refractivity contribution >= 4 is 11.8 Å². The minimum absolute atomic E-state index is 0.0252. The second-order valence-electron chi connectivity index (χ2n) is 4.01. The molecule has 0 aliphatic rings. The van der Waals surface area contributed by atoms with Gasteiger partial charge in [-0.15, -0.1) is 0 Å². The molecule has 0 radical (unpaired) electrons. The van der Waals surface area contributed by atoms with Crippen LogP contribution < -0.4 is 21.7 Å². The molecule has 110 valence electrons. The van der Waals surface area contributed by atoms with Crippen LogP contribution in [-0.2, 0) is 6.61 Å². The van der Waals surface area contributed by atoms with Crippen LogP contribution in [0.1, 0.15) is 26.5 Å². The molecule has 8 heteroatoms. The fraction of sp³-hybridized carbons (Fsp3) is 0.0769. The van der Waals surface area contributed by atoms with Crippen LogP contribution in [0.3, 0.4) is 0 Å².